The van der Waals surface area contributed by atoms with E-state index in [0.29, 0.717) is 6.04 Å². The van der Waals surface area contributed by atoms with Gasteiger partial charge in [-0.2, -0.15) is 0 Å². The first-order valence-electron chi connectivity index (χ1n) is 6.57. The van der Waals surface area contributed by atoms with E-state index in [0.717, 1.165) is 31.2 Å². The number of aliphatic hydroxyl groups is 1. The Bertz CT molecular complexity index is 211. The van der Waals surface area contributed by atoms with Crippen LogP contribution in [0.2, 0.25) is 0 Å². The van der Waals surface area contributed by atoms with Crippen molar-refractivity contribution >= 4 is 0 Å². The van der Waals surface area contributed by atoms with Gasteiger partial charge in [-0.15, -0.1) is 0 Å². The van der Waals surface area contributed by atoms with Crippen LogP contribution in [0.1, 0.15) is 52.4 Å². The van der Waals surface area contributed by atoms with E-state index in [9.17, 15) is 5.11 Å². The van der Waals surface area contributed by atoms with Crippen molar-refractivity contribution in [1.29, 1.82) is 0 Å². The Labute approximate surface area is 93.5 Å². The van der Waals surface area contributed by atoms with Crippen LogP contribution in [0.5, 0.6) is 0 Å². The summed E-state index contributed by atoms with van der Waals surface area (Å²) >= 11 is 0. The predicted molar refractivity (Wildman–Crippen MR) is 62.8 cm³/mol. The molecule has 1 saturated heterocycles. The molecule has 0 amide bonds. The molecule has 2 aliphatic rings. The standard InChI is InChI=1S/C13H25NO/c1-3-10-6-7-14-12(8-10)13(2,15)9-11-4-5-11/h10-12,14-15H,3-9H2,1-2H3. The molecule has 1 aliphatic carbocycles. The van der Waals surface area contributed by atoms with E-state index < -0.39 is 5.60 Å². The van der Waals surface area contributed by atoms with Gasteiger partial charge < -0.3 is 10.4 Å². The van der Waals surface area contributed by atoms with Gasteiger partial charge in [0.1, 0.15) is 0 Å². The fourth-order valence-electron chi connectivity index (χ4n) is 2.89. The van der Waals surface area contributed by atoms with E-state index in [1.165, 1.54) is 25.7 Å². The number of nitrogens with one attached hydrogen (secondary N) is 1. The summed E-state index contributed by atoms with van der Waals surface area (Å²) in [6.45, 7) is 5.38. The van der Waals surface area contributed by atoms with E-state index in [-0.39, 0.29) is 0 Å². The van der Waals surface area contributed by atoms with Gasteiger partial charge in [0.05, 0.1) is 5.60 Å². The molecule has 2 fully saturated rings. The number of piperidine rings is 1. The van der Waals surface area contributed by atoms with Crippen LogP contribution in [0, 0.1) is 11.8 Å². The summed E-state index contributed by atoms with van der Waals surface area (Å²) in [5.41, 5.74) is -0.477. The van der Waals surface area contributed by atoms with Gasteiger partial charge in [-0.25, -0.2) is 0 Å². The molecule has 0 aromatic rings. The molecule has 2 heteroatoms. The maximum Gasteiger partial charge on any atom is 0.0774 e. The average Bonchev–Trinajstić information content (AvgIpc) is 3.01. The van der Waals surface area contributed by atoms with Crippen LogP contribution in [0.25, 0.3) is 0 Å². The lowest BCUT2D eigenvalue weighted by Crippen LogP contribution is -2.53. The molecule has 0 bridgehead atoms. The Morgan fingerprint density at radius 3 is 2.60 bits per heavy atom. The highest BCUT2D eigenvalue weighted by Gasteiger charge is 2.39. The van der Waals surface area contributed by atoms with Crippen molar-refractivity contribution < 1.29 is 5.11 Å². The second-order valence-electron chi connectivity index (χ2n) is 5.81. The molecule has 88 valence electrons. The van der Waals surface area contributed by atoms with E-state index in [1.54, 1.807) is 0 Å². The average molecular weight is 211 g/mol. The molecule has 1 heterocycles. The molecular formula is C13H25NO. The van der Waals surface area contributed by atoms with Crippen molar-refractivity contribution in [3.05, 3.63) is 0 Å². The third-order valence-electron chi connectivity index (χ3n) is 4.24. The largest absolute Gasteiger partial charge is 0.389 e. The lowest BCUT2D eigenvalue weighted by molar-refractivity contribution is -0.0103. The Kier molecular flexibility index (Phi) is 3.36. The molecule has 1 saturated carbocycles. The summed E-state index contributed by atoms with van der Waals surface area (Å²) < 4.78 is 0. The molecule has 2 N–H and O–H groups in total. The van der Waals surface area contributed by atoms with Crippen molar-refractivity contribution in [1.82, 2.24) is 5.32 Å². The van der Waals surface area contributed by atoms with Gasteiger partial charge in [-0.3, -0.25) is 0 Å². The molecule has 0 radical (unpaired) electrons. The summed E-state index contributed by atoms with van der Waals surface area (Å²) in [7, 11) is 0. The molecule has 2 nitrogen and oxygen atoms in total. The molecule has 1 aliphatic heterocycles. The summed E-state index contributed by atoms with van der Waals surface area (Å²) in [6, 6.07) is 0.330. The van der Waals surface area contributed by atoms with Gasteiger partial charge in [0, 0.05) is 6.04 Å². The lowest BCUT2D eigenvalue weighted by Gasteiger charge is -2.39. The normalized spacial score (nSPS) is 36.2. The number of rotatable bonds is 4. The van der Waals surface area contributed by atoms with Gasteiger partial charge in [0.25, 0.3) is 0 Å². The summed E-state index contributed by atoms with van der Waals surface area (Å²) in [6.07, 6.45) is 7.38. The third-order valence-corrected chi connectivity index (χ3v) is 4.24. The fraction of sp³-hybridized carbons (Fsp3) is 1.00. The predicted octanol–water partition coefficient (Wildman–Crippen LogP) is 2.32. The smallest absolute Gasteiger partial charge is 0.0774 e. The Hall–Kier alpha value is -0.0800. The minimum atomic E-state index is -0.477. The zero-order valence-corrected chi connectivity index (χ0v) is 10.1. The summed E-state index contributed by atoms with van der Waals surface area (Å²) in [4.78, 5) is 0. The minimum absolute atomic E-state index is 0.330. The van der Waals surface area contributed by atoms with Gasteiger partial charge in [-0.05, 0) is 44.6 Å². The zero-order chi connectivity index (χ0) is 10.9. The van der Waals surface area contributed by atoms with Crippen molar-refractivity contribution in [3.8, 4) is 0 Å². The SMILES string of the molecule is CCC1CCNC(C(C)(O)CC2CC2)C1. The van der Waals surface area contributed by atoms with Crippen molar-refractivity contribution in [2.75, 3.05) is 6.54 Å². The van der Waals surface area contributed by atoms with Crippen LogP contribution >= 0.6 is 0 Å². The highest BCUT2D eigenvalue weighted by atomic mass is 16.3. The van der Waals surface area contributed by atoms with Crippen LogP contribution < -0.4 is 5.32 Å². The molecule has 15 heavy (non-hydrogen) atoms. The summed E-state index contributed by atoms with van der Waals surface area (Å²) in [5.74, 6) is 1.63. The van der Waals surface area contributed by atoms with Crippen LogP contribution in [0.4, 0.5) is 0 Å². The zero-order valence-electron chi connectivity index (χ0n) is 10.1. The summed E-state index contributed by atoms with van der Waals surface area (Å²) in [5, 5.41) is 14.0. The Morgan fingerprint density at radius 2 is 2.00 bits per heavy atom. The lowest BCUT2D eigenvalue weighted by atomic mass is 9.80. The molecule has 3 atom stereocenters. The van der Waals surface area contributed by atoms with E-state index >= 15 is 0 Å². The highest BCUT2D eigenvalue weighted by molar-refractivity contribution is 4.95. The van der Waals surface area contributed by atoms with Gasteiger partial charge in [-0.1, -0.05) is 26.2 Å². The van der Waals surface area contributed by atoms with E-state index in [4.69, 9.17) is 0 Å². The first-order valence-corrected chi connectivity index (χ1v) is 6.57. The van der Waals surface area contributed by atoms with Crippen molar-refractivity contribution in [3.63, 3.8) is 0 Å². The maximum absolute atomic E-state index is 10.5. The van der Waals surface area contributed by atoms with E-state index in [1.807, 2.05) is 6.92 Å². The van der Waals surface area contributed by atoms with Gasteiger partial charge >= 0.3 is 0 Å². The monoisotopic (exact) mass is 211 g/mol. The third kappa shape index (κ3) is 2.94. The molecule has 0 spiro atoms. The molecule has 0 aromatic carbocycles. The molecule has 2 rings (SSSR count). The van der Waals surface area contributed by atoms with Crippen LogP contribution in [-0.2, 0) is 0 Å². The fourth-order valence-corrected chi connectivity index (χ4v) is 2.89. The van der Waals surface area contributed by atoms with Crippen molar-refractivity contribution in [2.45, 2.75) is 64.0 Å². The molecule has 3 unspecified atom stereocenters. The topological polar surface area (TPSA) is 32.3 Å². The minimum Gasteiger partial charge on any atom is -0.389 e. The van der Waals surface area contributed by atoms with Gasteiger partial charge in [0.2, 0.25) is 0 Å². The second-order valence-corrected chi connectivity index (χ2v) is 5.81. The maximum atomic E-state index is 10.5. The first-order chi connectivity index (χ1) is 7.12. The number of hydrogen-bond donors (Lipinski definition) is 2. The van der Waals surface area contributed by atoms with Crippen LogP contribution in [0.3, 0.4) is 0 Å². The van der Waals surface area contributed by atoms with Crippen LogP contribution in [-0.4, -0.2) is 23.3 Å². The van der Waals surface area contributed by atoms with Gasteiger partial charge in [0.15, 0.2) is 0 Å². The first kappa shape index (κ1) is 11.4. The Morgan fingerprint density at radius 1 is 1.27 bits per heavy atom. The molecular weight excluding hydrogens is 186 g/mol. The highest BCUT2D eigenvalue weighted by Crippen LogP contribution is 2.39. The van der Waals surface area contributed by atoms with Crippen LogP contribution in [0.15, 0.2) is 0 Å². The molecule has 0 aromatic heterocycles. The Balaban J connectivity index is 1.89. The number of hydrogen-bond acceptors (Lipinski definition) is 2. The quantitative estimate of drug-likeness (QED) is 0.748. The second kappa shape index (κ2) is 4.42. The van der Waals surface area contributed by atoms with Crippen molar-refractivity contribution in [2.24, 2.45) is 11.8 Å². The van der Waals surface area contributed by atoms with E-state index in [2.05, 4.69) is 12.2 Å².